The molecule has 5 unspecified atom stereocenters. The minimum Gasteiger partial charge on any atom is -0.390 e. The van der Waals surface area contributed by atoms with E-state index in [4.69, 9.17) is 0 Å². The summed E-state index contributed by atoms with van der Waals surface area (Å²) in [4.78, 5) is 0. The van der Waals surface area contributed by atoms with Crippen molar-refractivity contribution in [1.82, 2.24) is 0 Å². The van der Waals surface area contributed by atoms with Crippen molar-refractivity contribution in [2.45, 2.75) is 71.3 Å². The summed E-state index contributed by atoms with van der Waals surface area (Å²) in [5, 5.41) is 11.0. The molecular formula is C16H28O. The van der Waals surface area contributed by atoms with E-state index in [1.54, 1.807) is 0 Å². The third kappa shape index (κ3) is 1.95. The van der Waals surface area contributed by atoms with E-state index in [0.29, 0.717) is 11.3 Å². The normalized spacial score (nSPS) is 48.7. The molecule has 0 saturated heterocycles. The monoisotopic (exact) mass is 236 g/mol. The van der Waals surface area contributed by atoms with Crippen LogP contribution >= 0.6 is 0 Å². The lowest BCUT2D eigenvalue weighted by Gasteiger charge is -2.40. The van der Waals surface area contributed by atoms with Crippen molar-refractivity contribution in [2.75, 3.05) is 0 Å². The second-order valence-corrected chi connectivity index (χ2v) is 8.23. The van der Waals surface area contributed by atoms with Gasteiger partial charge in [0.15, 0.2) is 0 Å². The van der Waals surface area contributed by atoms with Crippen LogP contribution in [-0.2, 0) is 0 Å². The molecule has 0 aromatic carbocycles. The Morgan fingerprint density at radius 2 is 1.88 bits per heavy atom. The van der Waals surface area contributed by atoms with Crippen LogP contribution in [0, 0.1) is 29.1 Å². The molecule has 0 aromatic rings. The van der Waals surface area contributed by atoms with Gasteiger partial charge >= 0.3 is 0 Å². The highest BCUT2D eigenvalue weighted by atomic mass is 16.3. The van der Waals surface area contributed by atoms with Crippen LogP contribution in [-0.4, -0.2) is 10.7 Å². The molecule has 1 heteroatoms. The van der Waals surface area contributed by atoms with Crippen LogP contribution in [0.2, 0.25) is 0 Å². The molecule has 2 bridgehead atoms. The smallest absolute Gasteiger partial charge is 0.0681 e. The van der Waals surface area contributed by atoms with Crippen molar-refractivity contribution in [2.24, 2.45) is 29.1 Å². The molecular weight excluding hydrogens is 208 g/mol. The number of fused-ring (bicyclic) bond motifs is 5. The standard InChI is InChI=1S/C16H28O/c1-15(2,3)7-8-16(17)10-11-9-14(16)13-6-4-5-12(11)13/h11-14,17H,4-10H2,1-3H3. The molecule has 3 saturated carbocycles. The van der Waals surface area contributed by atoms with Crippen LogP contribution in [0.1, 0.15) is 65.7 Å². The molecule has 3 aliphatic rings. The summed E-state index contributed by atoms with van der Waals surface area (Å²) < 4.78 is 0. The molecule has 17 heavy (non-hydrogen) atoms. The van der Waals surface area contributed by atoms with Gasteiger partial charge in [-0.05, 0) is 67.6 Å². The van der Waals surface area contributed by atoms with Crippen molar-refractivity contribution in [3.63, 3.8) is 0 Å². The van der Waals surface area contributed by atoms with E-state index in [9.17, 15) is 5.11 Å². The minimum atomic E-state index is -0.288. The minimum absolute atomic E-state index is 0.288. The van der Waals surface area contributed by atoms with E-state index in [2.05, 4.69) is 20.8 Å². The summed E-state index contributed by atoms with van der Waals surface area (Å²) in [5.41, 5.74) is 0.0795. The van der Waals surface area contributed by atoms with E-state index < -0.39 is 0 Å². The lowest BCUT2D eigenvalue weighted by molar-refractivity contribution is -0.0581. The number of aliphatic hydroxyl groups is 1. The SMILES string of the molecule is CC(C)(C)CCC1(O)CC2CC1C1CCCC21. The van der Waals surface area contributed by atoms with E-state index in [0.717, 1.165) is 30.6 Å². The number of hydrogen-bond acceptors (Lipinski definition) is 1. The highest BCUT2D eigenvalue weighted by Gasteiger charge is 2.59. The Morgan fingerprint density at radius 3 is 2.59 bits per heavy atom. The molecule has 1 nitrogen and oxygen atoms in total. The van der Waals surface area contributed by atoms with Crippen LogP contribution in [0.25, 0.3) is 0 Å². The molecule has 0 heterocycles. The summed E-state index contributed by atoms with van der Waals surface area (Å²) in [6.45, 7) is 6.88. The van der Waals surface area contributed by atoms with Gasteiger partial charge in [-0.25, -0.2) is 0 Å². The fourth-order valence-electron chi connectivity index (χ4n) is 5.11. The molecule has 0 radical (unpaired) electrons. The predicted molar refractivity (Wildman–Crippen MR) is 70.7 cm³/mol. The Balaban J connectivity index is 1.69. The molecule has 1 N–H and O–H groups in total. The topological polar surface area (TPSA) is 20.2 Å². The lowest BCUT2D eigenvalue weighted by atomic mass is 9.69. The van der Waals surface area contributed by atoms with Crippen LogP contribution in [0.15, 0.2) is 0 Å². The van der Waals surface area contributed by atoms with Gasteiger partial charge in [0.1, 0.15) is 0 Å². The summed E-state index contributed by atoms with van der Waals surface area (Å²) in [7, 11) is 0. The van der Waals surface area contributed by atoms with Crippen molar-refractivity contribution < 1.29 is 5.11 Å². The summed E-state index contributed by atoms with van der Waals surface area (Å²) in [5.74, 6) is 3.41. The van der Waals surface area contributed by atoms with Gasteiger partial charge in [-0.2, -0.15) is 0 Å². The van der Waals surface area contributed by atoms with Gasteiger partial charge in [0, 0.05) is 0 Å². The highest BCUT2D eigenvalue weighted by molar-refractivity contribution is 5.10. The Morgan fingerprint density at radius 1 is 1.18 bits per heavy atom. The maximum Gasteiger partial charge on any atom is 0.0681 e. The van der Waals surface area contributed by atoms with E-state index in [1.165, 1.54) is 32.1 Å². The first-order chi connectivity index (χ1) is 7.89. The van der Waals surface area contributed by atoms with Crippen LogP contribution < -0.4 is 0 Å². The molecule has 0 spiro atoms. The molecule has 5 atom stereocenters. The second-order valence-electron chi connectivity index (χ2n) is 8.23. The summed E-state index contributed by atoms with van der Waals surface area (Å²) in [6.07, 6.45) is 8.97. The maximum atomic E-state index is 11.0. The van der Waals surface area contributed by atoms with Crippen LogP contribution in [0.5, 0.6) is 0 Å². The van der Waals surface area contributed by atoms with Crippen molar-refractivity contribution in [3.8, 4) is 0 Å². The molecule has 0 amide bonds. The fourth-order valence-corrected chi connectivity index (χ4v) is 5.11. The molecule has 3 fully saturated rings. The Kier molecular flexibility index (Phi) is 2.63. The van der Waals surface area contributed by atoms with Gasteiger partial charge < -0.3 is 5.11 Å². The Bertz CT molecular complexity index is 303. The van der Waals surface area contributed by atoms with Crippen LogP contribution in [0.4, 0.5) is 0 Å². The maximum absolute atomic E-state index is 11.0. The van der Waals surface area contributed by atoms with Crippen molar-refractivity contribution in [1.29, 1.82) is 0 Å². The average molecular weight is 236 g/mol. The largest absolute Gasteiger partial charge is 0.390 e. The van der Waals surface area contributed by atoms with Gasteiger partial charge in [0.25, 0.3) is 0 Å². The third-order valence-electron chi connectivity index (χ3n) is 5.92. The quantitative estimate of drug-likeness (QED) is 0.768. The first-order valence-corrected chi connectivity index (χ1v) is 7.61. The zero-order chi connectivity index (χ0) is 12.3. The van der Waals surface area contributed by atoms with Crippen molar-refractivity contribution >= 4 is 0 Å². The van der Waals surface area contributed by atoms with Gasteiger partial charge in [-0.1, -0.05) is 27.2 Å². The summed E-state index contributed by atoms with van der Waals surface area (Å²) >= 11 is 0. The van der Waals surface area contributed by atoms with Crippen LogP contribution in [0.3, 0.4) is 0 Å². The average Bonchev–Trinajstić information content (AvgIpc) is 2.83. The Hall–Kier alpha value is -0.0400. The number of rotatable bonds is 2. The Labute approximate surface area is 106 Å². The van der Waals surface area contributed by atoms with Gasteiger partial charge in [-0.15, -0.1) is 0 Å². The first kappa shape index (κ1) is 12.0. The van der Waals surface area contributed by atoms with E-state index >= 15 is 0 Å². The molecule has 98 valence electrons. The molecule has 0 aromatic heterocycles. The zero-order valence-electron chi connectivity index (χ0n) is 11.7. The fraction of sp³-hybridized carbons (Fsp3) is 1.00. The lowest BCUT2D eigenvalue weighted by Crippen LogP contribution is -2.41. The predicted octanol–water partition coefficient (Wildman–Crippen LogP) is 4.00. The molecule has 0 aliphatic heterocycles. The second kappa shape index (κ2) is 3.73. The zero-order valence-corrected chi connectivity index (χ0v) is 11.7. The van der Waals surface area contributed by atoms with E-state index in [-0.39, 0.29) is 5.60 Å². The highest BCUT2D eigenvalue weighted by Crippen LogP contribution is 2.63. The van der Waals surface area contributed by atoms with Crippen molar-refractivity contribution in [3.05, 3.63) is 0 Å². The van der Waals surface area contributed by atoms with Gasteiger partial charge in [0.2, 0.25) is 0 Å². The van der Waals surface area contributed by atoms with Gasteiger partial charge in [0.05, 0.1) is 5.60 Å². The molecule has 3 rings (SSSR count). The third-order valence-corrected chi connectivity index (χ3v) is 5.92. The number of hydrogen-bond donors (Lipinski definition) is 1. The first-order valence-electron chi connectivity index (χ1n) is 7.61. The summed E-state index contributed by atoms with van der Waals surface area (Å²) in [6, 6.07) is 0. The molecule has 3 aliphatic carbocycles. The van der Waals surface area contributed by atoms with Gasteiger partial charge in [-0.3, -0.25) is 0 Å². The van der Waals surface area contributed by atoms with E-state index in [1.807, 2.05) is 0 Å².